The molecule has 1 aliphatic rings. The third-order valence-corrected chi connectivity index (χ3v) is 2.96. The second-order valence-corrected chi connectivity index (χ2v) is 4.45. The zero-order valence-corrected chi connectivity index (χ0v) is 9.86. The van der Waals surface area contributed by atoms with E-state index in [1.807, 2.05) is 24.3 Å². The van der Waals surface area contributed by atoms with Crippen molar-refractivity contribution >= 4 is 11.6 Å². The molecule has 0 unspecified atom stereocenters. The van der Waals surface area contributed by atoms with Crippen molar-refractivity contribution in [2.45, 2.75) is 31.7 Å². The lowest BCUT2D eigenvalue weighted by Crippen LogP contribution is -2.32. The van der Waals surface area contributed by atoms with Crippen molar-refractivity contribution in [3.8, 4) is 0 Å². The van der Waals surface area contributed by atoms with Gasteiger partial charge in [0.25, 0.3) is 0 Å². The molecule has 0 bridgehead atoms. The van der Waals surface area contributed by atoms with Gasteiger partial charge in [-0.25, -0.2) is 0 Å². The number of aryl methyl sites for hydroxylation is 1. The predicted molar refractivity (Wildman–Crippen MR) is 69.5 cm³/mol. The maximum Gasteiger partial charge on any atom is 0.220 e. The first kappa shape index (κ1) is 11.7. The fourth-order valence-corrected chi connectivity index (χ4v) is 2.04. The first-order valence-corrected chi connectivity index (χ1v) is 6.03. The van der Waals surface area contributed by atoms with E-state index in [4.69, 9.17) is 5.73 Å². The Balaban J connectivity index is 1.76. The molecule has 0 saturated carbocycles. The van der Waals surface area contributed by atoms with Crippen molar-refractivity contribution in [1.82, 2.24) is 5.32 Å². The van der Waals surface area contributed by atoms with Gasteiger partial charge in [-0.05, 0) is 37.0 Å². The molecule has 1 amide bonds. The average molecular weight is 230 g/mol. The first-order valence-electron chi connectivity index (χ1n) is 6.03. The Bertz CT molecular complexity index is 418. The molecule has 3 N–H and O–H groups in total. The van der Waals surface area contributed by atoms with Gasteiger partial charge in [0.15, 0.2) is 0 Å². The van der Waals surface area contributed by atoms with Gasteiger partial charge in [-0.3, -0.25) is 4.79 Å². The molecular formula is C14H18N2O. The monoisotopic (exact) mass is 230 g/mol. The van der Waals surface area contributed by atoms with Crippen molar-refractivity contribution in [1.29, 1.82) is 0 Å². The van der Waals surface area contributed by atoms with E-state index in [0.29, 0.717) is 12.5 Å². The highest BCUT2D eigenvalue weighted by Crippen LogP contribution is 2.11. The van der Waals surface area contributed by atoms with E-state index >= 15 is 0 Å². The summed E-state index contributed by atoms with van der Waals surface area (Å²) in [6, 6.07) is 8.01. The summed E-state index contributed by atoms with van der Waals surface area (Å²) in [6.45, 7) is 0. The van der Waals surface area contributed by atoms with Crippen LogP contribution in [0, 0.1) is 0 Å². The summed E-state index contributed by atoms with van der Waals surface area (Å²) >= 11 is 0. The summed E-state index contributed by atoms with van der Waals surface area (Å²) in [5, 5.41) is 3.03. The summed E-state index contributed by atoms with van der Waals surface area (Å²) < 4.78 is 0. The Labute approximate surface area is 102 Å². The number of hydrogen-bond acceptors (Lipinski definition) is 2. The zero-order valence-electron chi connectivity index (χ0n) is 9.86. The Morgan fingerprint density at radius 2 is 2.12 bits per heavy atom. The quantitative estimate of drug-likeness (QED) is 0.614. The molecule has 17 heavy (non-hydrogen) atoms. The first-order chi connectivity index (χ1) is 8.24. The summed E-state index contributed by atoms with van der Waals surface area (Å²) in [7, 11) is 0. The second-order valence-electron chi connectivity index (χ2n) is 4.45. The largest absolute Gasteiger partial charge is 0.399 e. The minimum absolute atomic E-state index is 0.126. The van der Waals surface area contributed by atoms with Gasteiger partial charge in [0.2, 0.25) is 5.91 Å². The predicted octanol–water partition coefficient (Wildman–Crippen LogP) is 2.04. The number of carbonyl (C=O) groups is 1. The Morgan fingerprint density at radius 3 is 2.82 bits per heavy atom. The molecule has 3 nitrogen and oxygen atoms in total. The molecule has 0 aromatic heterocycles. The zero-order chi connectivity index (χ0) is 12.1. The molecule has 3 heteroatoms. The van der Waals surface area contributed by atoms with E-state index in [-0.39, 0.29) is 5.91 Å². The topological polar surface area (TPSA) is 55.1 Å². The van der Waals surface area contributed by atoms with Crippen molar-refractivity contribution in [2.75, 3.05) is 5.73 Å². The molecule has 0 fully saturated rings. The number of amides is 1. The number of hydrogen-bond donors (Lipinski definition) is 2. The third kappa shape index (κ3) is 3.63. The van der Waals surface area contributed by atoms with Crippen LogP contribution in [0.2, 0.25) is 0 Å². The van der Waals surface area contributed by atoms with Gasteiger partial charge >= 0.3 is 0 Å². The highest BCUT2D eigenvalue weighted by Gasteiger charge is 2.12. The van der Waals surface area contributed by atoms with Crippen LogP contribution in [-0.4, -0.2) is 11.9 Å². The van der Waals surface area contributed by atoms with Gasteiger partial charge in [-0.15, -0.1) is 0 Å². The van der Waals surface area contributed by atoms with E-state index in [1.54, 1.807) is 0 Å². The molecule has 1 aromatic carbocycles. The molecule has 1 aliphatic carbocycles. The lowest BCUT2D eigenvalue weighted by Gasteiger charge is -2.11. The van der Waals surface area contributed by atoms with Crippen LogP contribution in [0.15, 0.2) is 36.4 Å². The van der Waals surface area contributed by atoms with Crippen LogP contribution in [-0.2, 0) is 11.2 Å². The maximum atomic E-state index is 11.7. The summed E-state index contributed by atoms with van der Waals surface area (Å²) in [4.78, 5) is 11.7. The van der Waals surface area contributed by atoms with E-state index in [9.17, 15) is 4.79 Å². The number of benzene rings is 1. The molecule has 0 heterocycles. The SMILES string of the molecule is Nc1cccc(CCC(=O)NC2CC=CC2)c1. The molecule has 90 valence electrons. The number of nitrogens with one attached hydrogen (secondary N) is 1. The van der Waals surface area contributed by atoms with Gasteiger partial charge in [-0.2, -0.15) is 0 Å². The van der Waals surface area contributed by atoms with Crippen LogP contribution < -0.4 is 11.1 Å². The smallest absolute Gasteiger partial charge is 0.220 e. The number of nitrogen functional groups attached to an aromatic ring is 1. The number of nitrogens with two attached hydrogens (primary N) is 1. The fraction of sp³-hybridized carbons (Fsp3) is 0.357. The molecule has 0 aliphatic heterocycles. The van der Waals surface area contributed by atoms with E-state index in [2.05, 4.69) is 17.5 Å². The minimum atomic E-state index is 0.126. The average Bonchev–Trinajstić information content (AvgIpc) is 2.79. The van der Waals surface area contributed by atoms with E-state index in [1.165, 1.54) is 0 Å². The van der Waals surface area contributed by atoms with Gasteiger partial charge in [0.05, 0.1) is 0 Å². The highest BCUT2D eigenvalue weighted by molar-refractivity contribution is 5.76. The Hall–Kier alpha value is -1.77. The second kappa shape index (κ2) is 5.53. The lowest BCUT2D eigenvalue weighted by atomic mass is 10.1. The molecule has 0 atom stereocenters. The van der Waals surface area contributed by atoms with Gasteiger partial charge in [-0.1, -0.05) is 24.3 Å². The Morgan fingerprint density at radius 1 is 1.35 bits per heavy atom. The number of anilines is 1. The van der Waals surface area contributed by atoms with Crippen molar-refractivity contribution < 1.29 is 4.79 Å². The van der Waals surface area contributed by atoms with Crippen molar-refractivity contribution in [3.63, 3.8) is 0 Å². The van der Waals surface area contributed by atoms with Crippen LogP contribution in [0.4, 0.5) is 5.69 Å². The van der Waals surface area contributed by atoms with Crippen LogP contribution in [0.3, 0.4) is 0 Å². The molecule has 0 spiro atoms. The molecule has 0 radical (unpaired) electrons. The van der Waals surface area contributed by atoms with Crippen LogP contribution >= 0.6 is 0 Å². The van der Waals surface area contributed by atoms with Crippen LogP contribution in [0.25, 0.3) is 0 Å². The standard InChI is InChI=1S/C14H18N2O/c15-12-5-3-4-11(10-12)8-9-14(17)16-13-6-1-2-7-13/h1-5,10,13H,6-9,15H2,(H,16,17). The van der Waals surface area contributed by atoms with Gasteiger partial charge in [0, 0.05) is 18.2 Å². The molecule has 2 rings (SSSR count). The Kier molecular flexibility index (Phi) is 3.81. The van der Waals surface area contributed by atoms with E-state index < -0.39 is 0 Å². The fourth-order valence-electron chi connectivity index (χ4n) is 2.04. The third-order valence-electron chi connectivity index (χ3n) is 2.96. The summed E-state index contributed by atoms with van der Waals surface area (Å²) in [5.41, 5.74) is 7.56. The molecular weight excluding hydrogens is 212 g/mol. The molecule has 0 saturated heterocycles. The van der Waals surface area contributed by atoms with E-state index in [0.717, 1.165) is 30.5 Å². The number of rotatable bonds is 4. The van der Waals surface area contributed by atoms with Crippen LogP contribution in [0.1, 0.15) is 24.8 Å². The van der Waals surface area contributed by atoms with Crippen molar-refractivity contribution in [2.24, 2.45) is 0 Å². The normalized spacial score (nSPS) is 15.1. The van der Waals surface area contributed by atoms with Gasteiger partial charge < -0.3 is 11.1 Å². The molecule has 1 aromatic rings. The highest BCUT2D eigenvalue weighted by atomic mass is 16.1. The lowest BCUT2D eigenvalue weighted by molar-refractivity contribution is -0.121. The summed E-state index contributed by atoms with van der Waals surface area (Å²) in [5.74, 6) is 0.126. The maximum absolute atomic E-state index is 11.7. The van der Waals surface area contributed by atoms with Crippen LogP contribution in [0.5, 0.6) is 0 Å². The number of carbonyl (C=O) groups excluding carboxylic acids is 1. The van der Waals surface area contributed by atoms with Crippen molar-refractivity contribution in [3.05, 3.63) is 42.0 Å². The van der Waals surface area contributed by atoms with Gasteiger partial charge in [0.1, 0.15) is 0 Å². The minimum Gasteiger partial charge on any atom is -0.399 e. The summed E-state index contributed by atoms with van der Waals surface area (Å²) in [6.07, 6.45) is 7.43.